The van der Waals surface area contributed by atoms with E-state index in [2.05, 4.69) is 21.2 Å². The highest BCUT2D eigenvalue weighted by atomic mass is 79.9. The molecule has 16 heavy (non-hydrogen) atoms. The molecule has 0 aliphatic rings. The van der Waals surface area contributed by atoms with E-state index < -0.39 is 5.91 Å². The molecule has 0 fully saturated rings. The number of benzene rings is 1. The molecule has 0 unspecified atom stereocenters. The largest absolute Gasteiger partial charge is 0.511 e. The molecular weight excluding hydrogens is 272 g/mol. The smallest absolute Gasteiger partial charge is 0.269 e. The van der Waals surface area contributed by atoms with E-state index in [1.54, 1.807) is 30.3 Å². The van der Waals surface area contributed by atoms with Crippen LogP contribution in [0.15, 0.2) is 40.1 Å². The van der Waals surface area contributed by atoms with Gasteiger partial charge in [-0.1, -0.05) is 12.1 Å². The summed E-state index contributed by atoms with van der Waals surface area (Å²) in [5.74, 6) is -0.929. The first kappa shape index (κ1) is 12.3. The number of para-hydroxylation sites is 1. The molecule has 2 N–H and O–H groups in total. The molecule has 0 aliphatic carbocycles. The fourth-order valence-corrected chi connectivity index (χ4v) is 1.43. The van der Waals surface area contributed by atoms with Crippen LogP contribution in [-0.2, 0) is 4.79 Å². The quantitative estimate of drug-likeness (QED) is 0.497. The molecule has 0 spiro atoms. The molecule has 5 heteroatoms. The minimum Gasteiger partial charge on any atom is -0.511 e. The first-order valence-electron chi connectivity index (χ1n) is 4.42. The molecule has 1 aromatic carbocycles. The standard InChI is InChI=1S/C11H9BrN2O2/c1-7(15)8(6-13)11(16)14-10-5-3-2-4-9(10)12/h2-5,15H,1H3,(H,14,16). The van der Waals surface area contributed by atoms with Gasteiger partial charge in [0.1, 0.15) is 11.8 Å². The zero-order chi connectivity index (χ0) is 12.1. The van der Waals surface area contributed by atoms with Gasteiger partial charge < -0.3 is 10.4 Å². The minimum absolute atomic E-state index is 0.296. The molecule has 1 rings (SSSR count). The maximum absolute atomic E-state index is 11.6. The van der Waals surface area contributed by atoms with Gasteiger partial charge in [-0.2, -0.15) is 5.26 Å². The second-order valence-electron chi connectivity index (χ2n) is 3.01. The van der Waals surface area contributed by atoms with Gasteiger partial charge in [-0.3, -0.25) is 4.79 Å². The number of amides is 1. The number of nitrogens with one attached hydrogen (secondary N) is 1. The average Bonchev–Trinajstić information content (AvgIpc) is 2.22. The Morgan fingerprint density at radius 3 is 2.62 bits per heavy atom. The third-order valence-electron chi connectivity index (χ3n) is 1.82. The molecule has 0 heterocycles. The van der Waals surface area contributed by atoms with Crippen molar-refractivity contribution in [1.29, 1.82) is 5.26 Å². The number of anilines is 1. The predicted molar refractivity (Wildman–Crippen MR) is 63.7 cm³/mol. The first-order chi connectivity index (χ1) is 7.56. The van der Waals surface area contributed by atoms with E-state index in [4.69, 9.17) is 10.4 Å². The van der Waals surface area contributed by atoms with Crippen LogP contribution in [0.2, 0.25) is 0 Å². The van der Waals surface area contributed by atoms with Crippen LogP contribution in [0.4, 0.5) is 5.69 Å². The lowest BCUT2D eigenvalue weighted by Gasteiger charge is -2.06. The fourth-order valence-electron chi connectivity index (χ4n) is 1.04. The van der Waals surface area contributed by atoms with Crippen LogP contribution in [-0.4, -0.2) is 11.0 Å². The molecule has 1 aromatic rings. The van der Waals surface area contributed by atoms with Crippen LogP contribution >= 0.6 is 15.9 Å². The molecule has 0 radical (unpaired) electrons. The van der Waals surface area contributed by atoms with Crippen LogP contribution in [0.3, 0.4) is 0 Å². The number of hydrogen-bond acceptors (Lipinski definition) is 3. The van der Waals surface area contributed by atoms with Gasteiger partial charge in [0, 0.05) is 4.47 Å². The SMILES string of the molecule is CC(O)=C(C#N)C(=O)Nc1ccccc1Br. The zero-order valence-electron chi connectivity index (χ0n) is 8.49. The van der Waals surface area contributed by atoms with E-state index in [0.29, 0.717) is 10.2 Å². The number of carbonyl (C=O) groups excluding carboxylic acids is 1. The van der Waals surface area contributed by atoms with Crippen molar-refractivity contribution in [3.05, 3.63) is 40.1 Å². The lowest BCUT2D eigenvalue weighted by atomic mass is 10.2. The van der Waals surface area contributed by atoms with Gasteiger partial charge in [-0.05, 0) is 35.0 Å². The summed E-state index contributed by atoms with van der Waals surface area (Å²) < 4.78 is 0.705. The number of aliphatic hydroxyl groups excluding tert-OH is 1. The van der Waals surface area contributed by atoms with Gasteiger partial charge >= 0.3 is 0 Å². The number of halogens is 1. The highest BCUT2D eigenvalue weighted by molar-refractivity contribution is 9.10. The van der Waals surface area contributed by atoms with Crippen LogP contribution in [0.1, 0.15) is 6.92 Å². The number of nitrogens with zero attached hydrogens (tertiary/aromatic N) is 1. The van der Waals surface area contributed by atoms with Crippen LogP contribution in [0, 0.1) is 11.3 Å². The van der Waals surface area contributed by atoms with Gasteiger partial charge in [0.2, 0.25) is 0 Å². The summed E-state index contributed by atoms with van der Waals surface area (Å²) in [5, 5.41) is 20.3. The lowest BCUT2D eigenvalue weighted by molar-refractivity contribution is -0.112. The number of carbonyl (C=O) groups is 1. The second kappa shape index (κ2) is 5.33. The number of rotatable bonds is 2. The minimum atomic E-state index is -0.630. The molecule has 0 aliphatic heterocycles. The monoisotopic (exact) mass is 280 g/mol. The van der Waals surface area contributed by atoms with E-state index in [-0.39, 0.29) is 11.3 Å². The highest BCUT2D eigenvalue weighted by Crippen LogP contribution is 2.21. The van der Waals surface area contributed by atoms with Crippen molar-refractivity contribution in [2.24, 2.45) is 0 Å². The van der Waals surface area contributed by atoms with Crippen LogP contribution in [0.5, 0.6) is 0 Å². The molecule has 0 saturated heterocycles. The average molecular weight is 281 g/mol. The summed E-state index contributed by atoms with van der Waals surface area (Å²) in [6.07, 6.45) is 0. The van der Waals surface area contributed by atoms with Crippen molar-refractivity contribution in [1.82, 2.24) is 0 Å². The zero-order valence-corrected chi connectivity index (χ0v) is 10.1. The van der Waals surface area contributed by atoms with E-state index in [1.165, 1.54) is 6.92 Å². The van der Waals surface area contributed by atoms with Crippen molar-refractivity contribution >= 4 is 27.5 Å². The number of nitriles is 1. The summed E-state index contributed by atoms with van der Waals surface area (Å²) in [6, 6.07) is 8.64. The van der Waals surface area contributed by atoms with E-state index in [1.807, 2.05) is 0 Å². The van der Waals surface area contributed by atoms with Crippen molar-refractivity contribution in [2.45, 2.75) is 6.92 Å². The van der Waals surface area contributed by atoms with E-state index in [0.717, 1.165) is 0 Å². The summed E-state index contributed by atoms with van der Waals surface area (Å²) in [7, 11) is 0. The Hall–Kier alpha value is -1.80. The Bertz CT molecular complexity index is 485. The molecule has 0 bridgehead atoms. The topological polar surface area (TPSA) is 73.1 Å². The third kappa shape index (κ3) is 2.84. The number of hydrogen-bond donors (Lipinski definition) is 2. The lowest BCUT2D eigenvalue weighted by Crippen LogP contribution is -2.15. The van der Waals surface area contributed by atoms with Gasteiger partial charge in [-0.25, -0.2) is 0 Å². The second-order valence-corrected chi connectivity index (χ2v) is 3.86. The molecule has 0 saturated carbocycles. The Morgan fingerprint density at radius 2 is 2.12 bits per heavy atom. The van der Waals surface area contributed by atoms with Crippen LogP contribution in [0.25, 0.3) is 0 Å². The summed E-state index contributed by atoms with van der Waals surface area (Å²) in [4.78, 5) is 11.6. The van der Waals surface area contributed by atoms with Gasteiger partial charge in [0.15, 0.2) is 5.57 Å². The number of aliphatic hydroxyl groups is 1. The van der Waals surface area contributed by atoms with Crippen molar-refractivity contribution in [3.8, 4) is 6.07 Å². The Balaban J connectivity index is 2.93. The van der Waals surface area contributed by atoms with E-state index in [9.17, 15) is 4.79 Å². The molecule has 82 valence electrons. The van der Waals surface area contributed by atoms with Gasteiger partial charge in [0.05, 0.1) is 5.69 Å². The summed E-state index contributed by atoms with van der Waals surface area (Å²) >= 11 is 3.26. The Kier molecular flexibility index (Phi) is 4.09. The highest BCUT2D eigenvalue weighted by Gasteiger charge is 2.13. The van der Waals surface area contributed by atoms with Crippen molar-refractivity contribution in [2.75, 3.05) is 5.32 Å². The van der Waals surface area contributed by atoms with Crippen molar-refractivity contribution in [3.63, 3.8) is 0 Å². The Labute approximate surface area is 101 Å². The van der Waals surface area contributed by atoms with Gasteiger partial charge in [-0.15, -0.1) is 0 Å². The Morgan fingerprint density at radius 1 is 1.50 bits per heavy atom. The predicted octanol–water partition coefficient (Wildman–Crippen LogP) is 2.74. The number of allylic oxidation sites excluding steroid dienone is 1. The molecule has 0 atom stereocenters. The molecular formula is C11H9BrN2O2. The normalized spacial score (nSPS) is 11.3. The van der Waals surface area contributed by atoms with Crippen LogP contribution < -0.4 is 5.32 Å². The maximum atomic E-state index is 11.6. The molecule has 0 aromatic heterocycles. The molecule has 4 nitrogen and oxygen atoms in total. The van der Waals surface area contributed by atoms with Crippen molar-refractivity contribution < 1.29 is 9.90 Å². The fraction of sp³-hybridized carbons (Fsp3) is 0.0909. The van der Waals surface area contributed by atoms with E-state index >= 15 is 0 Å². The summed E-state index contributed by atoms with van der Waals surface area (Å²) in [6.45, 7) is 1.29. The maximum Gasteiger partial charge on any atom is 0.269 e. The third-order valence-corrected chi connectivity index (χ3v) is 2.51. The van der Waals surface area contributed by atoms with Gasteiger partial charge in [0.25, 0.3) is 5.91 Å². The first-order valence-corrected chi connectivity index (χ1v) is 5.21. The molecule has 1 amide bonds. The summed E-state index contributed by atoms with van der Waals surface area (Å²) in [5.41, 5.74) is 0.247.